The van der Waals surface area contributed by atoms with Gasteiger partial charge < -0.3 is 10.4 Å². The number of halogens is 1. The van der Waals surface area contributed by atoms with Crippen molar-refractivity contribution in [1.29, 1.82) is 0 Å². The van der Waals surface area contributed by atoms with Gasteiger partial charge in [0.25, 0.3) is 0 Å². The zero-order chi connectivity index (χ0) is 14.6. The lowest BCUT2D eigenvalue weighted by molar-refractivity contribution is -0.146. The molecule has 0 radical (unpaired) electrons. The van der Waals surface area contributed by atoms with E-state index in [1.54, 1.807) is 32.0 Å². The number of rotatable bonds is 5. The smallest absolute Gasteiger partial charge is 0.315 e. The molecule has 0 fully saturated rings. The van der Waals surface area contributed by atoms with Crippen LogP contribution >= 0.6 is 0 Å². The Morgan fingerprint density at radius 3 is 2.47 bits per heavy atom. The summed E-state index contributed by atoms with van der Waals surface area (Å²) < 4.78 is 13.7. The molecule has 0 saturated carbocycles. The third kappa shape index (κ3) is 3.77. The molecule has 0 aliphatic heterocycles. The molecule has 0 aliphatic carbocycles. The summed E-state index contributed by atoms with van der Waals surface area (Å²) in [7, 11) is 0. The Labute approximate surface area is 111 Å². The second-order valence-electron chi connectivity index (χ2n) is 5.14. The van der Waals surface area contributed by atoms with Crippen molar-refractivity contribution in [2.45, 2.75) is 26.2 Å². The second-order valence-corrected chi connectivity index (χ2v) is 5.14. The number of hydrogen-bond donors (Lipinski definition) is 2. The summed E-state index contributed by atoms with van der Waals surface area (Å²) in [6.07, 6.45) is 0. The molecule has 1 aromatic rings. The number of amides is 1. The number of nitrogens with one attached hydrogen (secondary N) is 1. The minimum Gasteiger partial charge on any atom is -0.481 e. The van der Waals surface area contributed by atoms with Gasteiger partial charge in [-0.2, -0.15) is 0 Å². The molecule has 19 heavy (non-hydrogen) atoms. The monoisotopic (exact) mass is 267 g/mol. The van der Waals surface area contributed by atoms with Gasteiger partial charge in [0.15, 0.2) is 0 Å². The fraction of sp³-hybridized carbons (Fsp3) is 0.429. The Bertz CT molecular complexity index is 485. The molecule has 1 atom stereocenters. The van der Waals surface area contributed by atoms with Gasteiger partial charge in [-0.25, -0.2) is 4.39 Å². The first-order valence-electron chi connectivity index (χ1n) is 6.01. The van der Waals surface area contributed by atoms with Gasteiger partial charge in [-0.1, -0.05) is 32.0 Å². The van der Waals surface area contributed by atoms with E-state index in [1.165, 1.54) is 13.0 Å². The fourth-order valence-corrected chi connectivity index (χ4v) is 1.68. The van der Waals surface area contributed by atoms with E-state index in [2.05, 4.69) is 5.32 Å². The third-order valence-electron chi connectivity index (χ3n) is 3.07. The van der Waals surface area contributed by atoms with Crippen LogP contribution in [0.1, 0.15) is 26.3 Å². The second kappa shape index (κ2) is 5.82. The maximum Gasteiger partial charge on any atom is 0.315 e. The highest BCUT2D eigenvalue weighted by Gasteiger charge is 2.27. The van der Waals surface area contributed by atoms with Crippen LogP contribution in [0, 0.1) is 11.7 Å². The van der Waals surface area contributed by atoms with Crippen LogP contribution in [-0.2, 0) is 15.0 Å². The standard InChI is InChI=1S/C14H18FNO3/c1-9(13(18)19)12(17)16-8-14(2,3)10-6-4-5-7-11(10)15/h4-7,9H,8H2,1-3H3,(H,16,17)(H,18,19). The first kappa shape index (κ1) is 15.1. The number of carbonyl (C=O) groups excluding carboxylic acids is 1. The van der Waals surface area contributed by atoms with Gasteiger partial charge in [0.2, 0.25) is 5.91 Å². The predicted molar refractivity (Wildman–Crippen MR) is 69.2 cm³/mol. The van der Waals surface area contributed by atoms with E-state index < -0.39 is 23.2 Å². The van der Waals surface area contributed by atoms with Crippen LogP contribution in [0.25, 0.3) is 0 Å². The van der Waals surface area contributed by atoms with Crippen molar-refractivity contribution >= 4 is 11.9 Å². The van der Waals surface area contributed by atoms with Crippen molar-refractivity contribution < 1.29 is 19.1 Å². The van der Waals surface area contributed by atoms with Crippen LogP contribution in [0.4, 0.5) is 4.39 Å². The normalized spacial score (nSPS) is 12.8. The van der Waals surface area contributed by atoms with Gasteiger partial charge in [-0.05, 0) is 18.6 Å². The van der Waals surface area contributed by atoms with E-state index in [-0.39, 0.29) is 12.4 Å². The van der Waals surface area contributed by atoms with Crippen molar-refractivity contribution in [3.05, 3.63) is 35.6 Å². The van der Waals surface area contributed by atoms with Crippen LogP contribution in [0.15, 0.2) is 24.3 Å². The maximum atomic E-state index is 13.7. The number of carboxylic acids is 1. The molecule has 0 heterocycles. The van der Waals surface area contributed by atoms with Gasteiger partial charge in [0.05, 0.1) is 0 Å². The largest absolute Gasteiger partial charge is 0.481 e. The summed E-state index contributed by atoms with van der Waals surface area (Å²) in [5.41, 5.74) is -0.127. The summed E-state index contributed by atoms with van der Waals surface area (Å²) in [5, 5.41) is 11.3. The van der Waals surface area contributed by atoms with E-state index in [1.807, 2.05) is 0 Å². The van der Waals surface area contributed by atoms with Crippen LogP contribution in [0.2, 0.25) is 0 Å². The zero-order valence-electron chi connectivity index (χ0n) is 11.2. The molecule has 5 heteroatoms. The third-order valence-corrected chi connectivity index (χ3v) is 3.07. The molecular weight excluding hydrogens is 249 g/mol. The highest BCUT2D eigenvalue weighted by atomic mass is 19.1. The van der Waals surface area contributed by atoms with Crippen molar-refractivity contribution in [2.24, 2.45) is 5.92 Å². The van der Waals surface area contributed by atoms with Crippen LogP contribution < -0.4 is 5.32 Å². The molecule has 4 nitrogen and oxygen atoms in total. The molecular formula is C14H18FNO3. The molecule has 1 aromatic carbocycles. The average molecular weight is 267 g/mol. The van der Waals surface area contributed by atoms with E-state index in [0.717, 1.165) is 0 Å². The minimum absolute atomic E-state index is 0.171. The van der Waals surface area contributed by atoms with Crippen molar-refractivity contribution in [2.75, 3.05) is 6.54 Å². The van der Waals surface area contributed by atoms with Crippen LogP contribution in [-0.4, -0.2) is 23.5 Å². The predicted octanol–water partition coefficient (Wildman–Crippen LogP) is 1.94. The first-order chi connectivity index (χ1) is 8.75. The van der Waals surface area contributed by atoms with E-state index in [4.69, 9.17) is 5.11 Å². The zero-order valence-corrected chi connectivity index (χ0v) is 11.2. The van der Waals surface area contributed by atoms with Crippen molar-refractivity contribution in [3.63, 3.8) is 0 Å². The van der Waals surface area contributed by atoms with Crippen molar-refractivity contribution in [3.8, 4) is 0 Å². The molecule has 1 unspecified atom stereocenters. The average Bonchev–Trinajstić information content (AvgIpc) is 2.35. The Hall–Kier alpha value is -1.91. The SMILES string of the molecule is CC(C(=O)O)C(=O)NCC(C)(C)c1ccccc1F. The Morgan fingerprint density at radius 2 is 1.95 bits per heavy atom. The quantitative estimate of drug-likeness (QED) is 0.801. The number of benzene rings is 1. The lowest BCUT2D eigenvalue weighted by Gasteiger charge is -2.26. The maximum absolute atomic E-state index is 13.7. The van der Waals surface area contributed by atoms with Crippen LogP contribution in [0.5, 0.6) is 0 Å². The van der Waals surface area contributed by atoms with Gasteiger partial charge in [0.1, 0.15) is 11.7 Å². The molecule has 1 rings (SSSR count). The number of aliphatic carboxylic acids is 1. The number of carbonyl (C=O) groups is 2. The number of carboxylic acid groups (broad SMARTS) is 1. The van der Waals surface area contributed by atoms with Crippen LogP contribution in [0.3, 0.4) is 0 Å². The van der Waals surface area contributed by atoms with E-state index in [9.17, 15) is 14.0 Å². The Balaban J connectivity index is 2.74. The minimum atomic E-state index is -1.18. The van der Waals surface area contributed by atoms with Gasteiger partial charge in [-0.3, -0.25) is 9.59 Å². The van der Waals surface area contributed by atoms with E-state index in [0.29, 0.717) is 5.56 Å². The molecule has 0 bridgehead atoms. The summed E-state index contributed by atoms with van der Waals surface area (Å²) in [4.78, 5) is 22.2. The summed E-state index contributed by atoms with van der Waals surface area (Å²) in [6, 6.07) is 6.34. The van der Waals surface area contributed by atoms with Crippen molar-refractivity contribution in [1.82, 2.24) is 5.32 Å². The lowest BCUT2D eigenvalue weighted by atomic mass is 9.84. The molecule has 0 saturated heterocycles. The number of hydrogen-bond acceptors (Lipinski definition) is 2. The highest BCUT2D eigenvalue weighted by molar-refractivity contribution is 5.96. The summed E-state index contributed by atoms with van der Waals surface area (Å²) in [5.74, 6) is -3.21. The first-order valence-corrected chi connectivity index (χ1v) is 6.01. The molecule has 2 N–H and O–H groups in total. The summed E-state index contributed by atoms with van der Waals surface area (Å²) >= 11 is 0. The lowest BCUT2D eigenvalue weighted by Crippen LogP contribution is -2.41. The molecule has 0 spiro atoms. The highest BCUT2D eigenvalue weighted by Crippen LogP contribution is 2.24. The Morgan fingerprint density at radius 1 is 1.37 bits per heavy atom. The summed E-state index contributed by atoms with van der Waals surface area (Å²) in [6.45, 7) is 5.06. The van der Waals surface area contributed by atoms with E-state index >= 15 is 0 Å². The molecule has 104 valence electrons. The fourth-order valence-electron chi connectivity index (χ4n) is 1.68. The van der Waals surface area contributed by atoms with Gasteiger partial charge in [-0.15, -0.1) is 0 Å². The topological polar surface area (TPSA) is 66.4 Å². The van der Waals surface area contributed by atoms with Gasteiger partial charge in [0, 0.05) is 12.0 Å². The molecule has 1 amide bonds. The van der Waals surface area contributed by atoms with Gasteiger partial charge >= 0.3 is 5.97 Å². The molecule has 0 aliphatic rings. The molecule has 0 aromatic heterocycles. The Kier molecular flexibility index (Phi) is 4.64.